The van der Waals surface area contributed by atoms with Crippen molar-refractivity contribution in [1.82, 2.24) is 0 Å². The van der Waals surface area contributed by atoms with Crippen LogP contribution in [-0.4, -0.2) is 44.5 Å². The fraction of sp³-hybridized carbons (Fsp3) is 0.760. The molecule has 0 bridgehead atoms. The maximum Gasteiger partial charge on any atom is 0.333 e. The van der Waals surface area contributed by atoms with Crippen molar-refractivity contribution in [2.45, 2.75) is 91.4 Å². The number of esters is 2. The summed E-state index contributed by atoms with van der Waals surface area (Å²) in [4.78, 5) is 22.7. The van der Waals surface area contributed by atoms with Gasteiger partial charge in [-0.05, 0) is 58.8 Å². The van der Waals surface area contributed by atoms with E-state index in [0.29, 0.717) is 43.7 Å². The van der Waals surface area contributed by atoms with E-state index in [1.54, 1.807) is 13.8 Å². The molecule has 0 atom stereocenters. The van der Waals surface area contributed by atoms with Crippen LogP contribution in [0, 0.1) is 0 Å². The Hall–Kier alpha value is -1.43. The molecule has 0 aliphatic heterocycles. The molecule has 0 aromatic carbocycles. The van der Waals surface area contributed by atoms with Gasteiger partial charge in [0.05, 0.1) is 32.6 Å². The van der Waals surface area contributed by atoms with E-state index in [4.69, 9.17) is 18.5 Å². The van der Waals surface area contributed by atoms with Crippen LogP contribution in [0.2, 0.25) is 0 Å². The molecule has 8 heteroatoms. The first-order valence-corrected chi connectivity index (χ1v) is 14.0. The summed E-state index contributed by atoms with van der Waals surface area (Å²) in [7, 11) is -3.13. The Morgan fingerprint density at radius 1 is 0.636 bits per heavy atom. The fourth-order valence-electron chi connectivity index (χ4n) is 2.82. The van der Waals surface area contributed by atoms with Gasteiger partial charge >= 0.3 is 19.5 Å². The Morgan fingerprint density at radius 2 is 1.03 bits per heavy atom. The quantitative estimate of drug-likeness (QED) is 0.0719. The van der Waals surface area contributed by atoms with Gasteiger partial charge in [-0.15, -0.1) is 0 Å². The normalized spacial score (nSPS) is 11.2. The Labute approximate surface area is 200 Å². The van der Waals surface area contributed by atoms with Gasteiger partial charge < -0.3 is 18.5 Å². The van der Waals surface area contributed by atoms with Gasteiger partial charge in [-0.2, -0.15) is 0 Å². The Kier molecular flexibility index (Phi) is 19.1. The van der Waals surface area contributed by atoms with E-state index in [1.807, 2.05) is 0 Å². The van der Waals surface area contributed by atoms with Crippen LogP contribution in [0.15, 0.2) is 24.3 Å². The van der Waals surface area contributed by atoms with Gasteiger partial charge in [0.25, 0.3) is 0 Å². The second kappa shape index (κ2) is 20.0. The predicted molar refractivity (Wildman–Crippen MR) is 132 cm³/mol. The summed E-state index contributed by atoms with van der Waals surface area (Å²) in [6.07, 6.45) is 10.3. The van der Waals surface area contributed by atoms with Gasteiger partial charge in [0.15, 0.2) is 0 Å². The molecule has 0 heterocycles. The third kappa shape index (κ3) is 18.7. The lowest BCUT2D eigenvalue weighted by molar-refractivity contribution is -0.139. The molecule has 192 valence electrons. The average Bonchev–Trinajstić information content (AvgIpc) is 2.77. The molecule has 0 aliphatic rings. The lowest BCUT2D eigenvalue weighted by atomic mass is 10.2. The molecule has 0 aromatic heterocycles. The van der Waals surface area contributed by atoms with E-state index < -0.39 is 7.60 Å². The van der Waals surface area contributed by atoms with Gasteiger partial charge in [-0.3, -0.25) is 4.57 Å². The number of carbonyl (C=O) groups excluding carboxylic acids is 2. The molecule has 0 N–H and O–H groups in total. The molecule has 0 aliphatic carbocycles. The second-order valence-corrected chi connectivity index (χ2v) is 10.6. The molecule has 0 radical (unpaired) electrons. The molecule has 0 rings (SSSR count). The Morgan fingerprint density at radius 3 is 1.45 bits per heavy atom. The van der Waals surface area contributed by atoms with Crippen molar-refractivity contribution in [3.05, 3.63) is 24.3 Å². The zero-order valence-electron chi connectivity index (χ0n) is 21.0. The van der Waals surface area contributed by atoms with E-state index in [9.17, 15) is 14.2 Å². The average molecular weight is 489 g/mol. The molecular weight excluding hydrogens is 443 g/mol. The molecule has 0 saturated heterocycles. The summed E-state index contributed by atoms with van der Waals surface area (Å²) in [6, 6.07) is 0. The summed E-state index contributed by atoms with van der Waals surface area (Å²) >= 11 is 0. The molecule has 0 aromatic rings. The van der Waals surface area contributed by atoms with Crippen LogP contribution < -0.4 is 0 Å². The molecule has 33 heavy (non-hydrogen) atoms. The van der Waals surface area contributed by atoms with Gasteiger partial charge in [0.1, 0.15) is 0 Å². The lowest BCUT2D eigenvalue weighted by Gasteiger charge is -2.19. The first kappa shape index (κ1) is 31.6. The van der Waals surface area contributed by atoms with E-state index in [0.717, 1.165) is 64.2 Å². The van der Waals surface area contributed by atoms with E-state index in [1.165, 1.54) is 6.42 Å². The third-order valence-corrected chi connectivity index (χ3v) is 6.87. The summed E-state index contributed by atoms with van der Waals surface area (Å²) in [5, 5.41) is 0. The Balaban J connectivity index is 4.18. The molecule has 7 nitrogen and oxygen atoms in total. The van der Waals surface area contributed by atoms with Crippen molar-refractivity contribution >= 4 is 19.5 Å². The van der Waals surface area contributed by atoms with Gasteiger partial charge in [-0.1, -0.05) is 45.8 Å². The molecule has 0 saturated carbocycles. The standard InChI is InChI=1S/C25H45O7P/c1-6-7-8-9-16-21-33(28,31-19-14-10-12-17-29-24(26)22(2)3)32-20-15-11-13-18-30-25(27)23(4)5/h2,4,6-21H2,1,3,5H3. The van der Waals surface area contributed by atoms with Crippen LogP contribution in [-0.2, 0) is 32.7 Å². The number of hydrogen-bond donors (Lipinski definition) is 0. The summed E-state index contributed by atoms with van der Waals surface area (Å²) < 4.78 is 34.7. The highest BCUT2D eigenvalue weighted by Crippen LogP contribution is 2.49. The van der Waals surface area contributed by atoms with E-state index in [2.05, 4.69) is 20.1 Å². The topological polar surface area (TPSA) is 88.1 Å². The third-order valence-electron chi connectivity index (χ3n) is 4.85. The monoisotopic (exact) mass is 488 g/mol. The zero-order valence-corrected chi connectivity index (χ0v) is 21.9. The second-order valence-electron chi connectivity index (χ2n) is 8.37. The highest BCUT2D eigenvalue weighted by Gasteiger charge is 2.23. The number of hydrogen-bond acceptors (Lipinski definition) is 7. The van der Waals surface area contributed by atoms with Crippen molar-refractivity contribution < 1.29 is 32.7 Å². The van der Waals surface area contributed by atoms with Crippen LogP contribution in [0.25, 0.3) is 0 Å². The number of unbranched alkanes of at least 4 members (excludes halogenated alkanes) is 8. The summed E-state index contributed by atoms with van der Waals surface area (Å²) in [5.41, 5.74) is 0.784. The minimum Gasteiger partial charge on any atom is -0.462 e. The predicted octanol–water partition coefficient (Wildman–Crippen LogP) is 6.76. The van der Waals surface area contributed by atoms with Gasteiger partial charge in [0.2, 0.25) is 0 Å². The minimum atomic E-state index is -3.13. The highest BCUT2D eigenvalue weighted by atomic mass is 31.2. The molecule has 0 unspecified atom stereocenters. The van der Waals surface area contributed by atoms with Crippen LogP contribution >= 0.6 is 7.60 Å². The van der Waals surface area contributed by atoms with Crippen LogP contribution in [0.3, 0.4) is 0 Å². The van der Waals surface area contributed by atoms with E-state index >= 15 is 0 Å². The molecule has 0 fully saturated rings. The lowest BCUT2D eigenvalue weighted by Crippen LogP contribution is -2.07. The van der Waals surface area contributed by atoms with Crippen molar-refractivity contribution in [2.75, 3.05) is 32.6 Å². The summed E-state index contributed by atoms with van der Waals surface area (Å²) in [6.45, 7) is 13.9. The van der Waals surface area contributed by atoms with Crippen LogP contribution in [0.1, 0.15) is 91.4 Å². The molecular formula is C25H45O7P. The van der Waals surface area contributed by atoms with Gasteiger partial charge in [0, 0.05) is 11.1 Å². The van der Waals surface area contributed by atoms with Gasteiger partial charge in [-0.25, -0.2) is 9.59 Å². The first-order valence-electron chi connectivity index (χ1n) is 12.2. The maximum atomic E-state index is 13.1. The minimum absolute atomic E-state index is 0.346. The van der Waals surface area contributed by atoms with E-state index in [-0.39, 0.29) is 11.9 Å². The summed E-state index contributed by atoms with van der Waals surface area (Å²) in [5.74, 6) is -0.748. The van der Waals surface area contributed by atoms with Crippen molar-refractivity contribution in [2.24, 2.45) is 0 Å². The number of carbonyl (C=O) groups is 2. The fourth-order valence-corrected chi connectivity index (χ4v) is 4.58. The smallest absolute Gasteiger partial charge is 0.333 e. The zero-order chi connectivity index (χ0) is 25.0. The SMILES string of the molecule is C=C(C)C(=O)OCCCCCOP(=O)(CCCCCCC)OCCCCCOC(=O)C(=C)C. The first-order chi connectivity index (χ1) is 15.7. The van der Waals surface area contributed by atoms with Crippen LogP contribution in [0.5, 0.6) is 0 Å². The Bertz CT molecular complexity index is 586. The van der Waals surface area contributed by atoms with Crippen LogP contribution in [0.4, 0.5) is 0 Å². The van der Waals surface area contributed by atoms with Crippen molar-refractivity contribution in [3.8, 4) is 0 Å². The molecule has 0 spiro atoms. The number of ether oxygens (including phenoxy) is 2. The maximum absolute atomic E-state index is 13.1. The highest BCUT2D eigenvalue weighted by molar-refractivity contribution is 7.53. The largest absolute Gasteiger partial charge is 0.462 e. The van der Waals surface area contributed by atoms with Crippen molar-refractivity contribution in [3.63, 3.8) is 0 Å². The molecule has 0 amide bonds. The number of rotatable bonds is 22. The van der Waals surface area contributed by atoms with Crippen molar-refractivity contribution in [1.29, 1.82) is 0 Å².